The Morgan fingerprint density at radius 2 is 2.29 bits per heavy atom. The third kappa shape index (κ3) is 3.44. The Balaban J connectivity index is 2.26. The molecule has 116 valence electrons. The molecule has 1 atom stereocenters. The summed E-state index contributed by atoms with van der Waals surface area (Å²) in [6.45, 7) is 3.76. The molecule has 2 rings (SSSR count). The van der Waals surface area contributed by atoms with Crippen molar-refractivity contribution in [2.75, 3.05) is 29.2 Å². The average Bonchev–Trinajstić information content (AvgIpc) is 2.66. The van der Waals surface area contributed by atoms with Gasteiger partial charge in [-0.25, -0.2) is 18.2 Å². The summed E-state index contributed by atoms with van der Waals surface area (Å²) in [6.07, 6.45) is 1.91. The third-order valence-electron chi connectivity index (χ3n) is 3.41. The average molecular weight is 313 g/mol. The zero-order chi connectivity index (χ0) is 15.7. The Hall–Kier alpha value is -1.83. The molecule has 1 fully saturated rings. The first-order valence-electron chi connectivity index (χ1n) is 6.66. The van der Waals surface area contributed by atoms with Gasteiger partial charge in [0.2, 0.25) is 0 Å². The van der Waals surface area contributed by atoms with E-state index in [1.54, 1.807) is 13.8 Å². The van der Waals surface area contributed by atoms with Crippen LogP contribution in [0.3, 0.4) is 0 Å². The first-order chi connectivity index (χ1) is 9.76. The van der Waals surface area contributed by atoms with Crippen LogP contribution in [0.2, 0.25) is 0 Å². The van der Waals surface area contributed by atoms with E-state index in [1.807, 2.05) is 0 Å². The Bertz CT molecular complexity index is 659. The fourth-order valence-corrected chi connectivity index (χ4v) is 4.45. The number of aromatic nitrogens is 1. The summed E-state index contributed by atoms with van der Waals surface area (Å²) in [5.74, 6) is -0.0663. The number of hydrogen-bond donors (Lipinski definition) is 2. The van der Waals surface area contributed by atoms with Gasteiger partial charge in [-0.3, -0.25) is 0 Å². The number of nitrogens with one attached hydrogen (secondary N) is 1. The lowest BCUT2D eigenvalue weighted by Crippen LogP contribution is -2.36. The molecule has 0 bridgehead atoms. The summed E-state index contributed by atoms with van der Waals surface area (Å²) in [5.41, 5.74) is 5.70. The van der Waals surface area contributed by atoms with Gasteiger partial charge in [0.1, 0.15) is 0 Å². The maximum Gasteiger partial charge on any atom is 0.340 e. The molecule has 8 heteroatoms. The van der Waals surface area contributed by atoms with Gasteiger partial charge in [-0.2, -0.15) is 0 Å². The quantitative estimate of drug-likeness (QED) is 0.792. The minimum absolute atomic E-state index is 0.0186. The van der Waals surface area contributed by atoms with Crippen molar-refractivity contribution in [3.63, 3.8) is 0 Å². The van der Waals surface area contributed by atoms with E-state index >= 15 is 0 Å². The molecule has 0 spiro atoms. The van der Waals surface area contributed by atoms with Gasteiger partial charge in [0, 0.05) is 6.20 Å². The minimum Gasteiger partial charge on any atom is -0.462 e. The number of nitrogens with two attached hydrogens (primary N) is 1. The number of sulfone groups is 1. The number of nitrogen functional groups attached to an aromatic ring is 1. The van der Waals surface area contributed by atoms with Crippen LogP contribution in [0.5, 0.6) is 0 Å². The second-order valence-corrected chi connectivity index (χ2v) is 7.55. The zero-order valence-corrected chi connectivity index (χ0v) is 12.9. The summed E-state index contributed by atoms with van der Waals surface area (Å²) < 4.78 is 28.2. The summed E-state index contributed by atoms with van der Waals surface area (Å²) >= 11 is 0. The first-order valence-corrected chi connectivity index (χ1v) is 8.49. The first kappa shape index (κ1) is 15.6. The molecular weight excluding hydrogens is 294 g/mol. The lowest BCUT2D eigenvalue weighted by atomic mass is 10.0. The topological polar surface area (TPSA) is 111 Å². The number of carbonyl (C=O) groups is 1. The van der Waals surface area contributed by atoms with Crippen molar-refractivity contribution < 1.29 is 17.9 Å². The molecule has 0 amide bonds. The maximum absolute atomic E-state index is 11.8. The molecule has 7 nitrogen and oxygen atoms in total. The molecule has 0 radical (unpaired) electrons. The molecule has 1 unspecified atom stereocenters. The van der Waals surface area contributed by atoms with Crippen LogP contribution in [-0.2, 0) is 14.6 Å². The van der Waals surface area contributed by atoms with E-state index in [1.165, 1.54) is 12.3 Å². The van der Waals surface area contributed by atoms with E-state index in [-0.39, 0.29) is 29.4 Å². The number of nitrogens with zero attached hydrogens (tertiary/aromatic N) is 1. The SMILES string of the molecule is CCOC(=O)c1ccnc(NC2(C)CCS(=O)(=O)C2)c1N. The third-order valence-corrected chi connectivity index (χ3v) is 5.31. The Morgan fingerprint density at radius 1 is 1.57 bits per heavy atom. The molecule has 3 N–H and O–H groups in total. The largest absolute Gasteiger partial charge is 0.462 e. The van der Waals surface area contributed by atoms with Crippen LogP contribution < -0.4 is 11.1 Å². The van der Waals surface area contributed by atoms with Crippen LogP contribution in [0.4, 0.5) is 11.5 Å². The van der Waals surface area contributed by atoms with Crippen molar-refractivity contribution >= 4 is 27.3 Å². The summed E-state index contributed by atoms with van der Waals surface area (Å²) in [6, 6.07) is 1.48. The van der Waals surface area contributed by atoms with Gasteiger partial charge >= 0.3 is 5.97 Å². The summed E-state index contributed by atoms with van der Waals surface area (Å²) in [5, 5.41) is 3.06. The highest BCUT2D eigenvalue weighted by molar-refractivity contribution is 7.91. The van der Waals surface area contributed by atoms with Crippen LogP contribution in [0, 0.1) is 0 Å². The van der Waals surface area contributed by atoms with E-state index in [4.69, 9.17) is 10.5 Å². The molecule has 2 heterocycles. The monoisotopic (exact) mass is 313 g/mol. The van der Waals surface area contributed by atoms with E-state index in [0.29, 0.717) is 12.2 Å². The van der Waals surface area contributed by atoms with Crippen LogP contribution in [0.25, 0.3) is 0 Å². The number of anilines is 2. The van der Waals surface area contributed by atoms with Gasteiger partial charge in [-0.05, 0) is 26.3 Å². The number of hydrogen-bond acceptors (Lipinski definition) is 7. The number of ether oxygens (including phenoxy) is 1. The summed E-state index contributed by atoms with van der Waals surface area (Å²) in [4.78, 5) is 15.9. The smallest absolute Gasteiger partial charge is 0.340 e. The lowest BCUT2D eigenvalue weighted by Gasteiger charge is -2.25. The minimum atomic E-state index is -3.04. The number of esters is 1. The number of carbonyl (C=O) groups excluding carboxylic acids is 1. The van der Waals surface area contributed by atoms with Gasteiger partial charge in [0.15, 0.2) is 15.7 Å². The van der Waals surface area contributed by atoms with Gasteiger partial charge in [0.05, 0.1) is 34.9 Å². The van der Waals surface area contributed by atoms with E-state index in [0.717, 1.165) is 0 Å². The Labute approximate surface area is 123 Å². The molecule has 0 aliphatic carbocycles. The molecule has 1 aromatic rings. The van der Waals surface area contributed by atoms with Crippen molar-refractivity contribution in [2.24, 2.45) is 0 Å². The van der Waals surface area contributed by atoms with Crippen LogP contribution >= 0.6 is 0 Å². The molecule has 0 saturated carbocycles. The van der Waals surface area contributed by atoms with Gasteiger partial charge in [0.25, 0.3) is 0 Å². The van der Waals surface area contributed by atoms with Crippen molar-refractivity contribution in [2.45, 2.75) is 25.8 Å². The zero-order valence-electron chi connectivity index (χ0n) is 12.0. The second-order valence-electron chi connectivity index (χ2n) is 5.37. The van der Waals surface area contributed by atoms with Crippen molar-refractivity contribution in [3.05, 3.63) is 17.8 Å². The van der Waals surface area contributed by atoms with Gasteiger partial charge < -0.3 is 15.8 Å². The standard InChI is InChI=1S/C13H19N3O4S/c1-3-20-12(17)9-4-6-15-11(10(9)14)16-13(2)5-7-21(18,19)8-13/h4,6H,3,5,7-8,14H2,1-2H3,(H,15,16). The molecule has 1 saturated heterocycles. The fraction of sp³-hybridized carbons (Fsp3) is 0.538. The van der Waals surface area contributed by atoms with Crippen molar-refractivity contribution in [1.82, 2.24) is 4.98 Å². The molecule has 1 aliphatic rings. The van der Waals surface area contributed by atoms with Crippen LogP contribution in [-0.4, -0.2) is 43.0 Å². The molecule has 21 heavy (non-hydrogen) atoms. The highest BCUT2D eigenvalue weighted by Crippen LogP contribution is 2.30. The predicted octanol–water partition coefficient (Wildman–Crippen LogP) is 0.830. The summed E-state index contributed by atoms with van der Waals surface area (Å²) in [7, 11) is -3.04. The second kappa shape index (κ2) is 5.51. The molecule has 1 aromatic heterocycles. The number of pyridine rings is 1. The van der Waals surface area contributed by atoms with Gasteiger partial charge in [-0.15, -0.1) is 0 Å². The Morgan fingerprint density at radius 3 is 2.86 bits per heavy atom. The maximum atomic E-state index is 11.8. The molecular formula is C13H19N3O4S. The normalized spacial score (nSPS) is 23.7. The van der Waals surface area contributed by atoms with Crippen LogP contribution in [0.1, 0.15) is 30.6 Å². The lowest BCUT2D eigenvalue weighted by molar-refractivity contribution is 0.0527. The Kier molecular flexibility index (Phi) is 4.08. The molecule has 1 aliphatic heterocycles. The van der Waals surface area contributed by atoms with Crippen LogP contribution in [0.15, 0.2) is 12.3 Å². The highest BCUT2D eigenvalue weighted by Gasteiger charge is 2.39. The van der Waals surface area contributed by atoms with E-state index in [2.05, 4.69) is 10.3 Å². The van der Waals surface area contributed by atoms with Gasteiger partial charge in [-0.1, -0.05) is 0 Å². The predicted molar refractivity (Wildman–Crippen MR) is 79.9 cm³/mol. The highest BCUT2D eigenvalue weighted by atomic mass is 32.2. The van der Waals surface area contributed by atoms with Crippen molar-refractivity contribution in [1.29, 1.82) is 0 Å². The van der Waals surface area contributed by atoms with E-state index in [9.17, 15) is 13.2 Å². The molecule has 0 aromatic carbocycles. The fourth-order valence-electron chi connectivity index (χ4n) is 2.35. The van der Waals surface area contributed by atoms with Crippen molar-refractivity contribution in [3.8, 4) is 0 Å². The number of rotatable bonds is 4. The van der Waals surface area contributed by atoms with E-state index < -0.39 is 21.3 Å².